The van der Waals surface area contributed by atoms with Crippen molar-refractivity contribution in [3.8, 4) is 17.2 Å². The zero-order valence-electron chi connectivity index (χ0n) is 18.7. The lowest BCUT2D eigenvalue weighted by molar-refractivity contribution is -0.0447. The number of benzene rings is 1. The van der Waals surface area contributed by atoms with Crippen LogP contribution in [0.15, 0.2) is 18.7 Å². The first-order valence-electron chi connectivity index (χ1n) is 10.9. The molecule has 0 amide bonds. The maximum Gasteiger partial charge on any atom is 0.170 e. The van der Waals surface area contributed by atoms with Crippen LogP contribution in [0.5, 0.6) is 17.2 Å². The molecule has 6 nitrogen and oxygen atoms in total. The number of halogens is 2. The molecule has 2 bridgehead atoms. The summed E-state index contributed by atoms with van der Waals surface area (Å²) in [6, 6.07) is 1.69. The van der Waals surface area contributed by atoms with E-state index in [-0.39, 0.29) is 6.04 Å². The third-order valence-electron chi connectivity index (χ3n) is 7.04. The standard InChI is InChI=1S/C24H30Cl2N2O4/c1-5-13-12-28-9-7-14(13)10-16(28)22(29)19-15(6-8-25)24(26)27-21-17(30-2)11-18(31-3)23(32-4)20(19)21/h5,11,13-14,16,22,29H,1,6-10,12H2,2-4H3/t13-,14-,16+,22+/m0/s1. The zero-order chi connectivity index (χ0) is 23.0. The molecular formula is C24H30Cl2N2O4. The number of rotatable bonds is 8. The Morgan fingerprint density at radius 2 is 2.03 bits per heavy atom. The van der Waals surface area contributed by atoms with Gasteiger partial charge in [0.15, 0.2) is 11.5 Å². The highest BCUT2D eigenvalue weighted by atomic mass is 35.5. The first kappa shape index (κ1) is 23.4. The number of aromatic nitrogens is 1. The number of hydrogen-bond acceptors (Lipinski definition) is 6. The van der Waals surface area contributed by atoms with Crippen LogP contribution in [0.25, 0.3) is 10.9 Å². The van der Waals surface area contributed by atoms with Gasteiger partial charge < -0.3 is 19.3 Å². The van der Waals surface area contributed by atoms with Gasteiger partial charge in [0.05, 0.1) is 32.8 Å². The molecule has 1 aromatic carbocycles. The van der Waals surface area contributed by atoms with E-state index in [0.29, 0.717) is 63.0 Å². The van der Waals surface area contributed by atoms with E-state index in [1.54, 1.807) is 27.4 Å². The minimum atomic E-state index is -0.796. The molecular weight excluding hydrogens is 451 g/mol. The van der Waals surface area contributed by atoms with Gasteiger partial charge in [-0.15, -0.1) is 18.2 Å². The van der Waals surface area contributed by atoms with E-state index < -0.39 is 6.10 Å². The highest BCUT2D eigenvalue weighted by molar-refractivity contribution is 6.31. The summed E-state index contributed by atoms with van der Waals surface area (Å²) in [4.78, 5) is 6.99. The van der Waals surface area contributed by atoms with E-state index in [1.165, 1.54) is 0 Å². The number of aliphatic hydroxyl groups excluding tert-OH is 1. The fourth-order valence-corrected chi connectivity index (χ4v) is 5.93. The number of pyridine rings is 1. The molecule has 1 unspecified atom stereocenters. The maximum absolute atomic E-state index is 11.9. The normalized spacial score (nSPS) is 25.6. The van der Waals surface area contributed by atoms with Crippen molar-refractivity contribution < 1.29 is 19.3 Å². The fraction of sp³-hybridized carbons (Fsp3) is 0.542. The number of methoxy groups -OCH3 is 3. The van der Waals surface area contributed by atoms with Crippen molar-refractivity contribution >= 4 is 34.1 Å². The van der Waals surface area contributed by atoms with E-state index in [1.807, 2.05) is 0 Å². The molecule has 1 N–H and O–H groups in total. The lowest BCUT2D eigenvalue weighted by Crippen LogP contribution is -2.55. The molecule has 0 spiro atoms. The van der Waals surface area contributed by atoms with Crippen molar-refractivity contribution in [2.24, 2.45) is 11.8 Å². The number of nitrogens with zero attached hydrogens (tertiary/aromatic N) is 2. The van der Waals surface area contributed by atoms with Crippen molar-refractivity contribution in [2.75, 3.05) is 40.3 Å². The van der Waals surface area contributed by atoms with Gasteiger partial charge in [0.25, 0.3) is 0 Å². The highest BCUT2D eigenvalue weighted by Gasteiger charge is 2.43. The maximum atomic E-state index is 11.9. The van der Waals surface area contributed by atoms with Crippen molar-refractivity contribution in [1.82, 2.24) is 9.88 Å². The Balaban J connectivity index is 1.95. The first-order valence-corrected chi connectivity index (χ1v) is 11.8. The summed E-state index contributed by atoms with van der Waals surface area (Å²) >= 11 is 12.8. The van der Waals surface area contributed by atoms with Gasteiger partial charge >= 0.3 is 0 Å². The lowest BCUT2D eigenvalue weighted by Gasteiger charge is -2.50. The first-order chi connectivity index (χ1) is 15.5. The molecule has 3 aliphatic heterocycles. The molecule has 8 heteroatoms. The Labute approximate surface area is 199 Å². The largest absolute Gasteiger partial charge is 0.494 e. The van der Waals surface area contributed by atoms with Crippen LogP contribution in [-0.4, -0.2) is 61.3 Å². The van der Waals surface area contributed by atoms with Crippen LogP contribution in [0, 0.1) is 11.8 Å². The zero-order valence-corrected chi connectivity index (χ0v) is 20.2. The Kier molecular flexibility index (Phi) is 7.06. The predicted molar refractivity (Wildman–Crippen MR) is 128 cm³/mol. The summed E-state index contributed by atoms with van der Waals surface area (Å²) in [5.41, 5.74) is 1.96. The van der Waals surface area contributed by atoms with E-state index in [9.17, 15) is 5.11 Å². The summed E-state index contributed by atoms with van der Waals surface area (Å²) in [7, 11) is 4.72. The summed E-state index contributed by atoms with van der Waals surface area (Å²) < 4.78 is 16.9. The van der Waals surface area contributed by atoms with Gasteiger partial charge in [-0.2, -0.15) is 0 Å². The van der Waals surface area contributed by atoms with Gasteiger partial charge in [-0.05, 0) is 43.2 Å². The molecule has 2 aromatic rings. The molecule has 3 saturated heterocycles. The average Bonchev–Trinajstić information content (AvgIpc) is 2.83. The lowest BCUT2D eigenvalue weighted by atomic mass is 9.73. The van der Waals surface area contributed by atoms with Gasteiger partial charge in [0.1, 0.15) is 16.4 Å². The van der Waals surface area contributed by atoms with E-state index in [2.05, 4.69) is 22.5 Å². The van der Waals surface area contributed by atoms with Crippen LogP contribution >= 0.6 is 23.2 Å². The van der Waals surface area contributed by atoms with E-state index in [0.717, 1.165) is 31.5 Å². The van der Waals surface area contributed by atoms with Crippen molar-refractivity contribution in [1.29, 1.82) is 0 Å². The molecule has 5 rings (SSSR count). The summed E-state index contributed by atoms with van der Waals surface area (Å²) in [6.45, 7) is 5.87. The van der Waals surface area contributed by atoms with Crippen LogP contribution in [0.3, 0.4) is 0 Å². The van der Waals surface area contributed by atoms with Gasteiger partial charge in [0.2, 0.25) is 0 Å². The highest BCUT2D eigenvalue weighted by Crippen LogP contribution is 2.49. The number of aliphatic hydroxyl groups is 1. The summed E-state index contributed by atoms with van der Waals surface area (Å²) in [5.74, 6) is 2.83. The minimum Gasteiger partial charge on any atom is -0.494 e. The quantitative estimate of drug-likeness (QED) is 0.337. The Morgan fingerprint density at radius 3 is 2.59 bits per heavy atom. The van der Waals surface area contributed by atoms with Crippen molar-refractivity contribution in [2.45, 2.75) is 31.4 Å². The minimum absolute atomic E-state index is 0.0393. The Hall–Kier alpha value is -1.73. The second-order valence-corrected chi connectivity index (χ2v) is 9.20. The molecule has 0 saturated carbocycles. The van der Waals surface area contributed by atoms with Crippen LogP contribution in [0.4, 0.5) is 0 Å². The second-order valence-electron chi connectivity index (χ2n) is 8.46. The third-order valence-corrected chi connectivity index (χ3v) is 7.54. The Bertz CT molecular complexity index is 1020. The smallest absolute Gasteiger partial charge is 0.170 e. The molecule has 1 aromatic heterocycles. The molecule has 4 heterocycles. The number of fused-ring (bicyclic) bond motifs is 4. The SMILES string of the molecule is C=C[C@H]1CN2CC[C@H]1C[C@@H]2[C@@H](O)c1c(CCCl)c(Cl)nc2c(OC)cc(OC)c(OC)c12. The van der Waals surface area contributed by atoms with Gasteiger partial charge in [-0.25, -0.2) is 4.98 Å². The van der Waals surface area contributed by atoms with Gasteiger partial charge in [0, 0.05) is 30.1 Å². The second kappa shape index (κ2) is 9.64. The third kappa shape index (κ3) is 3.81. The molecule has 0 radical (unpaired) electrons. The number of piperidine rings is 3. The van der Waals surface area contributed by atoms with Crippen molar-refractivity contribution in [3.63, 3.8) is 0 Å². The van der Waals surface area contributed by atoms with Gasteiger partial charge in [-0.3, -0.25) is 4.90 Å². The van der Waals surface area contributed by atoms with Gasteiger partial charge in [-0.1, -0.05) is 17.7 Å². The number of alkyl halides is 1. The van der Waals surface area contributed by atoms with E-state index >= 15 is 0 Å². The predicted octanol–water partition coefficient (Wildman–Crippen LogP) is 4.63. The average molecular weight is 481 g/mol. The molecule has 0 aliphatic carbocycles. The molecule has 174 valence electrons. The number of ether oxygens (including phenoxy) is 3. The van der Waals surface area contributed by atoms with Crippen LogP contribution in [-0.2, 0) is 6.42 Å². The molecule has 3 aliphatic rings. The topological polar surface area (TPSA) is 64.1 Å². The monoisotopic (exact) mass is 480 g/mol. The van der Waals surface area contributed by atoms with E-state index in [4.69, 9.17) is 37.4 Å². The Morgan fingerprint density at radius 1 is 1.28 bits per heavy atom. The van der Waals surface area contributed by atoms with Crippen LogP contribution in [0.1, 0.15) is 30.1 Å². The molecule has 3 fully saturated rings. The summed E-state index contributed by atoms with van der Waals surface area (Å²) in [5, 5.41) is 12.8. The summed E-state index contributed by atoms with van der Waals surface area (Å²) in [6.07, 6.45) is 3.75. The fourth-order valence-electron chi connectivity index (χ4n) is 5.46. The van der Waals surface area contributed by atoms with Crippen LogP contribution in [0.2, 0.25) is 5.15 Å². The molecule has 32 heavy (non-hydrogen) atoms. The van der Waals surface area contributed by atoms with Crippen molar-refractivity contribution in [3.05, 3.63) is 35.0 Å². The van der Waals surface area contributed by atoms with Crippen LogP contribution < -0.4 is 14.2 Å². The molecule has 5 atom stereocenters. The number of hydrogen-bond donors (Lipinski definition) is 1.